The first-order valence-corrected chi connectivity index (χ1v) is 5.73. The van der Waals surface area contributed by atoms with Gasteiger partial charge < -0.3 is 9.84 Å². The van der Waals surface area contributed by atoms with Crippen LogP contribution in [0.25, 0.3) is 0 Å². The van der Waals surface area contributed by atoms with E-state index in [0.29, 0.717) is 18.0 Å². The van der Waals surface area contributed by atoms with E-state index in [4.69, 9.17) is 9.84 Å². The summed E-state index contributed by atoms with van der Waals surface area (Å²) in [6.45, 7) is 3.41. The van der Waals surface area contributed by atoms with Crippen LogP contribution in [0, 0.1) is 0 Å². The van der Waals surface area contributed by atoms with Gasteiger partial charge >= 0.3 is 0 Å². The lowest BCUT2D eigenvalue weighted by Crippen LogP contribution is -2.13. The molecular formula is C9H18O2S. The van der Waals surface area contributed by atoms with E-state index in [-0.39, 0.29) is 0 Å². The van der Waals surface area contributed by atoms with Crippen LogP contribution in [-0.2, 0) is 4.74 Å². The lowest BCUT2D eigenvalue weighted by Gasteiger charge is -2.12. The molecule has 0 saturated carbocycles. The summed E-state index contributed by atoms with van der Waals surface area (Å²) < 4.78 is 5.45. The Morgan fingerprint density at radius 1 is 1.50 bits per heavy atom. The number of ether oxygens (including phenoxy) is 1. The maximum atomic E-state index is 8.58. The highest BCUT2D eigenvalue weighted by atomic mass is 32.2. The Kier molecular flexibility index (Phi) is 5.04. The molecule has 1 N–H and O–H groups in total. The van der Waals surface area contributed by atoms with Gasteiger partial charge in [-0.15, -0.1) is 0 Å². The number of hydrogen-bond donors (Lipinski definition) is 1. The van der Waals surface area contributed by atoms with Crippen LogP contribution in [0.4, 0.5) is 0 Å². The third-order valence-corrected chi connectivity index (χ3v) is 3.76. The van der Waals surface area contributed by atoms with E-state index in [0.717, 1.165) is 19.4 Å². The molecule has 0 amide bonds. The number of aliphatic hydroxyl groups is 1. The largest absolute Gasteiger partial charge is 0.396 e. The number of aliphatic hydroxyl groups excluding tert-OH is 1. The van der Waals surface area contributed by atoms with Crippen molar-refractivity contribution in [3.05, 3.63) is 0 Å². The molecule has 2 atom stereocenters. The number of unbranched alkanes of at least 4 members (excludes halogenated alkanes) is 1. The van der Waals surface area contributed by atoms with Crippen molar-refractivity contribution in [1.82, 2.24) is 0 Å². The zero-order chi connectivity index (χ0) is 8.81. The lowest BCUT2D eigenvalue weighted by atomic mass is 10.3. The predicted octanol–water partition coefficient (Wildman–Crippen LogP) is 1.67. The Labute approximate surface area is 78.7 Å². The van der Waals surface area contributed by atoms with Crippen molar-refractivity contribution in [2.24, 2.45) is 0 Å². The van der Waals surface area contributed by atoms with Gasteiger partial charge in [0, 0.05) is 18.5 Å². The Balaban J connectivity index is 1.98. The quantitative estimate of drug-likeness (QED) is 0.669. The fraction of sp³-hybridized carbons (Fsp3) is 1.00. The van der Waals surface area contributed by atoms with Crippen LogP contribution >= 0.6 is 11.8 Å². The molecule has 0 aliphatic carbocycles. The monoisotopic (exact) mass is 190 g/mol. The average molecular weight is 190 g/mol. The van der Waals surface area contributed by atoms with E-state index in [2.05, 4.69) is 6.92 Å². The first-order chi connectivity index (χ1) is 5.84. The molecule has 72 valence electrons. The topological polar surface area (TPSA) is 29.5 Å². The van der Waals surface area contributed by atoms with E-state index >= 15 is 0 Å². The minimum Gasteiger partial charge on any atom is -0.396 e. The third-order valence-electron chi connectivity index (χ3n) is 2.19. The van der Waals surface area contributed by atoms with Gasteiger partial charge in [0.05, 0.1) is 6.10 Å². The van der Waals surface area contributed by atoms with Gasteiger partial charge in [0.25, 0.3) is 0 Å². The van der Waals surface area contributed by atoms with Gasteiger partial charge in [0.15, 0.2) is 0 Å². The minimum atomic E-state index is 0.331. The molecule has 12 heavy (non-hydrogen) atoms. The maximum Gasteiger partial charge on any atom is 0.0666 e. The average Bonchev–Trinajstić information content (AvgIpc) is 2.46. The zero-order valence-electron chi connectivity index (χ0n) is 7.66. The van der Waals surface area contributed by atoms with Gasteiger partial charge in [0.1, 0.15) is 0 Å². The molecule has 0 spiro atoms. The Morgan fingerprint density at radius 2 is 2.33 bits per heavy atom. The molecule has 3 heteroatoms. The highest BCUT2D eigenvalue weighted by Crippen LogP contribution is 2.26. The second-order valence-corrected chi connectivity index (χ2v) is 4.55. The fourth-order valence-electron chi connectivity index (χ4n) is 1.38. The first kappa shape index (κ1) is 10.4. The fourth-order valence-corrected chi connectivity index (χ4v) is 2.67. The second kappa shape index (κ2) is 5.84. The molecule has 1 heterocycles. The van der Waals surface area contributed by atoms with Gasteiger partial charge in [-0.05, 0) is 31.9 Å². The third kappa shape index (κ3) is 3.33. The van der Waals surface area contributed by atoms with Crippen molar-refractivity contribution in [1.29, 1.82) is 0 Å². The smallest absolute Gasteiger partial charge is 0.0666 e. The molecular weight excluding hydrogens is 172 g/mol. The number of rotatable bonds is 5. The van der Waals surface area contributed by atoms with Crippen molar-refractivity contribution in [2.75, 3.05) is 19.0 Å². The molecule has 0 aromatic carbocycles. The summed E-state index contributed by atoms with van der Waals surface area (Å²) in [4.78, 5) is 0. The van der Waals surface area contributed by atoms with Crippen LogP contribution in [-0.4, -0.2) is 35.4 Å². The van der Waals surface area contributed by atoms with E-state index in [9.17, 15) is 0 Å². The lowest BCUT2D eigenvalue weighted by molar-refractivity contribution is 0.127. The summed E-state index contributed by atoms with van der Waals surface area (Å²) in [7, 11) is 0. The second-order valence-electron chi connectivity index (χ2n) is 3.20. The molecule has 0 aromatic heterocycles. The highest BCUT2D eigenvalue weighted by Gasteiger charge is 2.23. The molecule has 1 aliphatic rings. The summed E-state index contributed by atoms with van der Waals surface area (Å²) in [5.74, 6) is 1.17. The van der Waals surface area contributed by atoms with E-state index in [1.165, 1.54) is 12.2 Å². The number of hydrogen-bond acceptors (Lipinski definition) is 3. The van der Waals surface area contributed by atoms with E-state index in [1.54, 1.807) is 0 Å². The molecule has 0 aromatic rings. The molecule has 0 bridgehead atoms. The van der Waals surface area contributed by atoms with Crippen LogP contribution in [0.2, 0.25) is 0 Å². The van der Waals surface area contributed by atoms with Crippen LogP contribution in [0.1, 0.15) is 26.2 Å². The van der Waals surface area contributed by atoms with Gasteiger partial charge in [-0.25, -0.2) is 0 Å². The molecule has 2 unspecified atom stereocenters. The summed E-state index contributed by atoms with van der Waals surface area (Å²) in [6.07, 6.45) is 3.70. The SMILES string of the molecule is CC1OCCC1SCCCCO. The summed E-state index contributed by atoms with van der Waals surface area (Å²) >= 11 is 2.00. The van der Waals surface area contributed by atoms with Gasteiger partial charge in [-0.3, -0.25) is 0 Å². The van der Waals surface area contributed by atoms with Crippen molar-refractivity contribution >= 4 is 11.8 Å². The first-order valence-electron chi connectivity index (χ1n) is 4.68. The molecule has 2 nitrogen and oxygen atoms in total. The molecule has 1 aliphatic heterocycles. The van der Waals surface area contributed by atoms with Crippen molar-refractivity contribution < 1.29 is 9.84 Å². The zero-order valence-corrected chi connectivity index (χ0v) is 8.48. The van der Waals surface area contributed by atoms with E-state index in [1.807, 2.05) is 11.8 Å². The summed E-state index contributed by atoms with van der Waals surface area (Å²) in [5, 5.41) is 9.27. The highest BCUT2D eigenvalue weighted by molar-refractivity contribution is 7.99. The van der Waals surface area contributed by atoms with Crippen LogP contribution < -0.4 is 0 Å². The minimum absolute atomic E-state index is 0.331. The van der Waals surface area contributed by atoms with Gasteiger partial charge in [0.2, 0.25) is 0 Å². The van der Waals surface area contributed by atoms with Gasteiger partial charge in [-0.2, -0.15) is 11.8 Å². The normalized spacial score (nSPS) is 29.5. The Morgan fingerprint density at radius 3 is 2.92 bits per heavy atom. The molecule has 1 fully saturated rings. The van der Waals surface area contributed by atoms with Crippen molar-refractivity contribution in [3.63, 3.8) is 0 Å². The van der Waals surface area contributed by atoms with Gasteiger partial charge in [-0.1, -0.05) is 0 Å². The Bertz CT molecular complexity index is 119. The molecule has 1 rings (SSSR count). The summed E-state index contributed by atoms with van der Waals surface area (Å²) in [5.41, 5.74) is 0. The number of thioether (sulfide) groups is 1. The summed E-state index contributed by atoms with van der Waals surface area (Å²) in [6, 6.07) is 0. The molecule has 1 saturated heterocycles. The van der Waals surface area contributed by atoms with E-state index < -0.39 is 0 Å². The molecule has 0 radical (unpaired) electrons. The van der Waals surface area contributed by atoms with Crippen molar-refractivity contribution in [3.8, 4) is 0 Å². The van der Waals surface area contributed by atoms with Crippen molar-refractivity contribution in [2.45, 2.75) is 37.5 Å². The van der Waals surface area contributed by atoms with Crippen LogP contribution in [0.15, 0.2) is 0 Å². The van der Waals surface area contributed by atoms with Crippen LogP contribution in [0.3, 0.4) is 0 Å². The standard InChI is InChI=1S/C9H18O2S/c1-8-9(4-6-11-8)12-7-3-2-5-10/h8-10H,2-7H2,1H3. The predicted molar refractivity (Wildman–Crippen MR) is 52.6 cm³/mol. The Hall–Kier alpha value is 0.270. The maximum absolute atomic E-state index is 8.58. The van der Waals surface area contributed by atoms with Crippen LogP contribution in [0.5, 0.6) is 0 Å².